The number of nitrogens with zero attached hydrogens (tertiary/aromatic N) is 1. The van der Waals surface area contributed by atoms with E-state index in [-0.39, 0.29) is 18.4 Å². The monoisotopic (exact) mass is 341 g/mol. The van der Waals surface area contributed by atoms with Crippen LogP contribution in [0.1, 0.15) is 29.3 Å². The smallest absolute Gasteiger partial charge is 0.246 e. The van der Waals surface area contributed by atoms with Crippen LogP contribution in [0, 0.1) is 0 Å². The highest BCUT2D eigenvalue weighted by molar-refractivity contribution is 5.89. The number of fused-ring (bicyclic) bond motifs is 1. The largest absolute Gasteiger partial charge is 0.469 e. The van der Waals surface area contributed by atoms with Gasteiger partial charge in [-0.2, -0.15) is 0 Å². The van der Waals surface area contributed by atoms with Gasteiger partial charge in [0.25, 0.3) is 0 Å². The van der Waals surface area contributed by atoms with E-state index in [0.717, 1.165) is 36.3 Å². The van der Waals surface area contributed by atoms with E-state index in [9.17, 15) is 9.59 Å². The summed E-state index contributed by atoms with van der Waals surface area (Å²) < 4.78 is 5.48. The highest BCUT2D eigenvalue weighted by Crippen LogP contribution is 2.19. The van der Waals surface area contributed by atoms with Crippen LogP contribution >= 0.6 is 0 Å². The van der Waals surface area contributed by atoms with Crippen molar-refractivity contribution in [2.75, 3.05) is 20.1 Å². The topological polar surface area (TPSA) is 74.6 Å². The Morgan fingerprint density at radius 3 is 2.80 bits per heavy atom. The van der Waals surface area contributed by atoms with Crippen molar-refractivity contribution >= 4 is 11.8 Å². The molecule has 6 heteroatoms. The van der Waals surface area contributed by atoms with Crippen LogP contribution in [0.25, 0.3) is 0 Å². The normalized spacial score (nSPS) is 15.7. The molecule has 1 aromatic carbocycles. The van der Waals surface area contributed by atoms with Crippen LogP contribution in [0.3, 0.4) is 0 Å². The highest BCUT2D eigenvalue weighted by atomic mass is 16.3. The van der Waals surface area contributed by atoms with Gasteiger partial charge in [0.1, 0.15) is 11.8 Å². The summed E-state index contributed by atoms with van der Waals surface area (Å²) in [6, 6.07) is 10.5. The number of amides is 2. The molecule has 132 valence electrons. The minimum atomic E-state index is -0.685. The van der Waals surface area contributed by atoms with Crippen molar-refractivity contribution in [3.63, 3.8) is 0 Å². The van der Waals surface area contributed by atoms with Crippen LogP contribution < -0.4 is 10.6 Å². The number of carbonyl (C=O) groups is 2. The molecule has 0 aliphatic carbocycles. The molecule has 2 aromatic rings. The van der Waals surface area contributed by atoms with Crippen molar-refractivity contribution in [1.82, 2.24) is 15.5 Å². The zero-order valence-electron chi connectivity index (χ0n) is 14.3. The van der Waals surface area contributed by atoms with Crippen molar-refractivity contribution < 1.29 is 14.0 Å². The van der Waals surface area contributed by atoms with E-state index >= 15 is 0 Å². The number of benzene rings is 1. The van der Waals surface area contributed by atoms with Gasteiger partial charge >= 0.3 is 0 Å². The third-order valence-corrected chi connectivity index (χ3v) is 4.42. The van der Waals surface area contributed by atoms with Gasteiger partial charge in [-0.15, -0.1) is 0 Å². The van der Waals surface area contributed by atoms with E-state index in [4.69, 9.17) is 4.42 Å². The van der Waals surface area contributed by atoms with Gasteiger partial charge in [0.15, 0.2) is 0 Å². The van der Waals surface area contributed by atoms with E-state index in [1.165, 1.54) is 0 Å². The van der Waals surface area contributed by atoms with Gasteiger partial charge in [0.05, 0.1) is 12.8 Å². The summed E-state index contributed by atoms with van der Waals surface area (Å²) in [6.45, 7) is 1.77. The van der Waals surface area contributed by atoms with E-state index in [1.807, 2.05) is 36.4 Å². The molecule has 1 aromatic heterocycles. The first-order chi connectivity index (χ1) is 12.2. The molecule has 2 amide bonds. The van der Waals surface area contributed by atoms with Crippen molar-refractivity contribution in [3.05, 3.63) is 59.5 Å². The second-order valence-corrected chi connectivity index (χ2v) is 6.21. The summed E-state index contributed by atoms with van der Waals surface area (Å²) in [5, 5.41) is 5.47. The molecule has 3 rings (SSSR count). The molecule has 1 unspecified atom stereocenters. The number of aryl methyl sites for hydroxylation is 1. The Morgan fingerprint density at radius 1 is 1.24 bits per heavy atom. The fraction of sp³-hybridized carbons (Fsp3) is 0.368. The molecule has 1 atom stereocenters. The molecule has 1 aliphatic rings. The summed E-state index contributed by atoms with van der Waals surface area (Å²) in [4.78, 5) is 26.8. The van der Waals surface area contributed by atoms with E-state index in [2.05, 4.69) is 15.5 Å². The average molecular weight is 341 g/mol. The van der Waals surface area contributed by atoms with Gasteiger partial charge in [-0.05, 0) is 24.6 Å². The number of nitrogens with one attached hydrogen (secondary N) is 2. The first-order valence-corrected chi connectivity index (χ1v) is 8.51. The molecular formula is C19H23N3O3. The number of hydrogen-bond acceptors (Lipinski definition) is 4. The van der Waals surface area contributed by atoms with Gasteiger partial charge in [0.2, 0.25) is 11.8 Å². The summed E-state index contributed by atoms with van der Waals surface area (Å²) in [5.41, 5.74) is 1.90. The Kier molecular flexibility index (Phi) is 5.50. The van der Waals surface area contributed by atoms with Gasteiger partial charge in [-0.3, -0.25) is 14.5 Å². The third kappa shape index (κ3) is 4.28. The number of rotatable bonds is 5. The Labute approximate surface area is 147 Å². The Bertz CT molecular complexity index is 727. The predicted octanol–water partition coefficient (Wildman–Crippen LogP) is 1.63. The molecule has 0 fully saturated rings. The van der Waals surface area contributed by atoms with Crippen LogP contribution in [0.4, 0.5) is 0 Å². The molecule has 25 heavy (non-hydrogen) atoms. The standard InChI is InChI=1S/C19H23N3O3/c1-20-19(24)18(14-6-3-2-4-7-14)21-17(23)13-22-10-5-8-16-15(12-22)9-11-25-16/h2-4,6-7,9,11,18H,5,8,10,12-13H2,1H3,(H,20,24)(H,21,23). The Hall–Kier alpha value is -2.60. The summed E-state index contributed by atoms with van der Waals surface area (Å²) >= 11 is 0. The molecule has 0 saturated carbocycles. The number of likely N-dealkylation sites (N-methyl/N-ethyl adjacent to an activating group) is 1. The van der Waals surface area contributed by atoms with Crippen LogP contribution in [0.2, 0.25) is 0 Å². The molecule has 2 heterocycles. The van der Waals surface area contributed by atoms with Crippen molar-refractivity contribution in [1.29, 1.82) is 0 Å². The summed E-state index contributed by atoms with van der Waals surface area (Å²) in [6.07, 6.45) is 3.54. The van der Waals surface area contributed by atoms with Crippen LogP contribution in [0.5, 0.6) is 0 Å². The molecule has 0 radical (unpaired) electrons. The van der Waals surface area contributed by atoms with Gasteiger partial charge in [-0.1, -0.05) is 30.3 Å². The zero-order valence-corrected chi connectivity index (χ0v) is 14.3. The molecular weight excluding hydrogens is 318 g/mol. The molecule has 1 aliphatic heterocycles. The minimum Gasteiger partial charge on any atom is -0.469 e. The molecule has 0 bridgehead atoms. The van der Waals surface area contributed by atoms with Crippen molar-refractivity contribution in [3.8, 4) is 0 Å². The quantitative estimate of drug-likeness (QED) is 0.867. The van der Waals surface area contributed by atoms with Crippen LogP contribution in [-0.2, 0) is 22.6 Å². The maximum absolute atomic E-state index is 12.5. The first-order valence-electron chi connectivity index (χ1n) is 8.51. The van der Waals surface area contributed by atoms with E-state index in [0.29, 0.717) is 6.54 Å². The average Bonchev–Trinajstić information content (AvgIpc) is 2.98. The first kappa shape index (κ1) is 17.2. The molecule has 6 nitrogen and oxygen atoms in total. The maximum atomic E-state index is 12.5. The maximum Gasteiger partial charge on any atom is 0.246 e. The molecule has 2 N–H and O–H groups in total. The molecule has 0 spiro atoms. The third-order valence-electron chi connectivity index (χ3n) is 4.42. The van der Waals surface area contributed by atoms with Gasteiger partial charge in [-0.25, -0.2) is 0 Å². The number of furan rings is 1. The number of carbonyl (C=O) groups excluding carboxylic acids is 2. The molecule has 0 saturated heterocycles. The van der Waals surface area contributed by atoms with Crippen LogP contribution in [0.15, 0.2) is 47.1 Å². The van der Waals surface area contributed by atoms with Gasteiger partial charge < -0.3 is 15.1 Å². The summed E-state index contributed by atoms with van der Waals surface area (Å²) in [5.74, 6) is 0.618. The van der Waals surface area contributed by atoms with E-state index in [1.54, 1.807) is 13.3 Å². The lowest BCUT2D eigenvalue weighted by Gasteiger charge is -2.22. The second-order valence-electron chi connectivity index (χ2n) is 6.21. The Balaban J connectivity index is 1.65. The fourth-order valence-corrected chi connectivity index (χ4v) is 3.15. The lowest BCUT2D eigenvalue weighted by Crippen LogP contribution is -2.43. The van der Waals surface area contributed by atoms with Crippen molar-refractivity contribution in [2.24, 2.45) is 0 Å². The fourth-order valence-electron chi connectivity index (χ4n) is 3.15. The summed E-state index contributed by atoms with van der Waals surface area (Å²) in [7, 11) is 1.57. The minimum absolute atomic E-state index is 0.163. The lowest BCUT2D eigenvalue weighted by atomic mass is 10.1. The number of hydrogen-bond donors (Lipinski definition) is 2. The highest BCUT2D eigenvalue weighted by Gasteiger charge is 2.24. The van der Waals surface area contributed by atoms with Crippen LogP contribution in [-0.4, -0.2) is 36.9 Å². The van der Waals surface area contributed by atoms with Crippen molar-refractivity contribution in [2.45, 2.75) is 25.4 Å². The lowest BCUT2D eigenvalue weighted by molar-refractivity contribution is -0.129. The van der Waals surface area contributed by atoms with Gasteiger partial charge in [0, 0.05) is 25.6 Å². The van der Waals surface area contributed by atoms with E-state index < -0.39 is 6.04 Å². The SMILES string of the molecule is CNC(=O)C(NC(=O)CN1CCCc2occc2C1)c1ccccc1. The Morgan fingerprint density at radius 2 is 2.04 bits per heavy atom. The zero-order chi connectivity index (χ0) is 17.6. The predicted molar refractivity (Wildman–Crippen MR) is 93.7 cm³/mol. The second kappa shape index (κ2) is 7.98.